The van der Waals surface area contributed by atoms with Crippen LogP contribution in [0.4, 0.5) is 5.69 Å². The van der Waals surface area contributed by atoms with Gasteiger partial charge in [-0.1, -0.05) is 48.5 Å². The van der Waals surface area contributed by atoms with Gasteiger partial charge in [-0.3, -0.25) is 0 Å². The van der Waals surface area contributed by atoms with Crippen molar-refractivity contribution in [2.45, 2.75) is 18.8 Å². The Bertz CT molecular complexity index is 608. The Morgan fingerprint density at radius 2 is 1.80 bits per heavy atom. The average Bonchev–Trinajstić information content (AvgIpc) is 2.91. The van der Waals surface area contributed by atoms with E-state index in [2.05, 4.69) is 29.2 Å². The lowest BCUT2D eigenvalue weighted by Crippen LogP contribution is -2.39. The number of nitrogens with zero attached hydrogens (tertiary/aromatic N) is 1. The highest BCUT2D eigenvalue weighted by Gasteiger charge is 2.31. The lowest BCUT2D eigenvalue weighted by molar-refractivity contribution is -0.111. The number of anilines is 1. The predicted octanol–water partition coefficient (Wildman–Crippen LogP) is 3.21. The van der Waals surface area contributed by atoms with Gasteiger partial charge in [0.2, 0.25) is 0 Å². The van der Waals surface area contributed by atoms with Gasteiger partial charge < -0.3 is 9.69 Å². The molecule has 0 spiro atoms. The molecule has 0 aliphatic carbocycles. The fourth-order valence-electron chi connectivity index (χ4n) is 2.98. The molecule has 102 valence electrons. The van der Waals surface area contributed by atoms with Gasteiger partial charge >= 0.3 is 0 Å². The summed E-state index contributed by atoms with van der Waals surface area (Å²) < 4.78 is 0. The lowest BCUT2D eigenvalue weighted by atomic mass is 9.83. The first kappa shape index (κ1) is 12.9. The Labute approximate surface area is 120 Å². The van der Waals surface area contributed by atoms with Crippen LogP contribution in [0.15, 0.2) is 54.6 Å². The second kappa shape index (κ2) is 5.12. The maximum absolute atomic E-state index is 11.7. The Kier molecular flexibility index (Phi) is 3.31. The molecule has 20 heavy (non-hydrogen) atoms. The zero-order valence-electron chi connectivity index (χ0n) is 11.8. The van der Waals surface area contributed by atoms with Gasteiger partial charge in [-0.05, 0) is 30.5 Å². The zero-order chi connectivity index (χ0) is 14.0. The molecule has 0 saturated carbocycles. The first-order chi connectivity index (χ1) is 9.73. The van der Waals surface area contributed by atoms with Crippen LogP contribution < -0.4 is 4.90 Å². The van der Waals surface area contributed by atoms with E-state index in [1.54, 1.807) is 0 Å². The highest BCUT2D eigenvalue weighted by molar-refractivity contribution is 5.70. The van der Waals surface area contributed by atoms with Crippen LogP contribution in [0.1, 0.15) is 18.1 Å². The third-order valence-electron chi connectivity index (χ3n) is 4.20. The molecule has 0 saturated heterocycles. The van der Waals surface area contributed by atoms with E-state index in [9.17, 15) is 4.79 Å². The highest BCUT2D eigenvalue weighted by Crippen LogP contribution is 2.31. The minimum Gasteiger partial charge on any atom is -0.370 e. The van der Waals surface area contributed by atoms with Gasteiger partial charge in [0, 0.05) is 18.8 Å². The van der Waals surface area contributed by atoms with Crippen LogP contribution in [-0.2, 0) is 16.6 Å². The minimum absolute atomic E-state index is 0.460. The van der Waals surface area contributed by atoms with Crippen LogP contribution in [0.25, 0.3) is 0 Å². The average molecular weight is 265 g/mol. The number of carbonyl (C=O) groups excluding carboxylic acids is 1. The topological polar surface area (TPSA) is 20.3 Å². The molecule has 0 aromatic heterocycles. The van der Waals surface area contributed by atoms with E-state index < -0.39 is 5.41 Å². The van der Waals surface area contributed by atoms with Crippen molar-refractivity contribution in [1.29, 1.82) is 0 Å². The summed E-state index contributed by atoms with van der Waals surface area (Å²) in [7, 11) is 0. The van der Waals surface area contributed by atoms with Crippen LogP contribution in [0.2, 0.25) is 0 Å². The number of rotatable bonds is 4. The van der Waals surface area contributed by atoms with Crippen LogP contribution >= 0.6 is 0 Å². The number of para-hydroxylation sites is 1. The van der Waals surface area contributed by atoms with E-state index in [4.69, 9.17) is 0 Å². The smallest absolute Gasteiger partial charge is 0.132 e. The van der Waals surface area contributed by atoms with Crippen molar-refractivity contribution >= 4 is 12.0 Å². The Hall–Kier alpha value is -2.09. The Morgan fingerprint density at radius 1 is 1.10 bits per heavy atom. The largest absolute Gasteiger partial charge is 0.370 e. The van der Waals surface area contributed by atoms with Crippen molar-refractivity contribution in [2.75, 3.05) is 18.0 Å². The summed E-state index contributed by atoms with van der Waals surface area (Å²) in [5, 5.41) is 0. The number of aldehydes is 1. The van der Waals surface area contributed by atoms with Crippen LogP contribution in [0.5, 0.6) is 0 Å². The molecule has 2 nitrogen and oxygen atoms in total. The third-order valence-corrected chi connectivity index (χ3v) is 4.20. The summed E-state index contributed by atoms with van der Waals surface area (Å²) in [5.74, 6) is 0. The van der Waals surface area contributed by atoms with Crippen LogP contribution in [0, 0.1) is 0 Å². The standard InChI is InChI=1S/C18H19NO/c1-18(14-20,16-8-3-2-4-9-16)13-19-12-11-15-7-5-6-10-17(15)19/h2-10,14H,11-13H2,1H3. The molecule has 1 aliphatic rings. The van der Waals surface area contributed by atoms with E-state index in [1.807, 2.05) is 37.3 Å². The zero-order valence-corrected chi connectivity index (χ0v) is 11.8. The molecule has 0 fully saturated rings. The maximum Gasteiger partial charge on any atom is 0.132 e. The van der Waals surface area contributed by atoms with Crippen molar-refractivity contribution in [3.05, 3.63) is 65.7 Å². The van der Waals surface area contributed by atoms with Gasteiger partial charge in [-0.25, -0.2) is 0 Å². The summed E-state index contributed by atoms with van der Waals surface area (Å²) in [4.78, 5) is 14.0. The van der Waals surface area contributed by atoms with Gasteiger partial charge in [0.1, 0.15) is 6.29 Å². The normalized spacial score (nSPS) is 16.6. The van der Waals surface area contributed by atoms with E-state index in [-0.39, 0.29) is 0 Å². The maximum atomic E-state index is 11.7. The molecule has 3 rings (SSSR count). The number of fused-ring (bicyclic) bond motifs is 1. The quantitative estimate of drug-likeness (QED) is 0.791. The lowest BCUT2D eigenvalue weighted by Gasteiger charge is -2.31. The number of benzene rings is 2. The van der Waals surface area contributed by atoms with Crippen molar-refractivity contribution < 1.29 is 4.79 Å². The number of carbonyl (C=O) groups is 1. The molecule has 2 aromatic carbocycles. The molecule has 0 radical (unpaired) electrons. The van der Waals surface area contributed by atoms with Crippen molar-refractivity contribution in [3.63, 3.8) is 0 Å². The van der Waals surface area contributed by atoms with Crippen molar-refractivity contribution in [1.82, 2.24) is 0 Å². The van der Waals surface area contributed by atoms with Gasteiger partial charge in [0.15, 0.2) is 0 Å². The second-order valence-electron chi connectivity index (χ2n) is 5.70. The molecule has 0 amide bonds. The molecule has 1 aliphatic heterocycles. The monoisotopic (exact) mass is 265 g/mol. The summed E-state index contributed by atoms with van der Waals surface area (Å²) in [6.45, 7) is 3.75. The van der Waals surface area contributed by atoms with Crippen LogP contribution in [-0.4, -0.2) is 19.4 Å². The summed E-state index contributed by atoms with van der Waals surface area (Å²) >= 11 is 0. The molecule has 0 N–H and O–H groups in total. The summed E-state index contributed by atoms with van der Waals surface area (Å²) in [5.41, 5.74) is 3.28. The fraction of sp³-hybridized carbons (Fsp3) is 0.278. The number of hydrogen-bond acceptors (Lipinski definition) is 2. The Morgan fingerprint density at radius 3 is 2.55 bits per heavy atom. The molecule has 1 unspecified atom stereocenters. The predicted molar refractivity (Wildman–Crippen MR) is 82.2 cm³/mol. The van der Waals surface area contributed by atoms with Gasteiger partial charge in [-0.15, -0.1) is 0 Å². The van der Waals surface area contributed by atoms with E-state index in [0.717, 1.165) is 31.4 Å². The first-order valence-corrected chi connectivity index (χ1v) is 7.08. The van der Waals surface area contributed by atoms with Gasteiger partial charge in [0.25, 0.3) is 0 Å². The SMILES string of the molecule is CC(C=O)(CN1CCc2ccccc21)c1ccccc1. The fourth-order valence-corrected chi connectivity index (χ4v) is 2.98. The number of hydrogen-bond donors (Lipinski definition) is 0. The van der Waals surface area contributed by atoms with Gasteiger partial charge in [-0.2, -0.15) is 0 Å². The Balaban J connectivity index is 1.88. The minimum atomic E-state index is -0.460. The van der Waals surface area contributed by atoms with E-state index in [1.165, 1.54) is 11.3 Å². The summed E-state index contributed by atoms with van der Waals surface area (Å²) in [6, 6.07) is 18.5. The highest BCUT2D eigenvalue weighted by atomic mass is 16.1. The van der Waals surface area contributed by atoms with Crippen LogP contribution in [0.3, 0.4) is 0 Å². The first-order valence-electron chi connectivity index (χ1n) is 7.08. The summed E-state index contributed by atoms with van der Waals surface area (Å²) in [6.07, 6.45) is 2.16. The molecule has 2 aromatic rings. The molecular formula is C18H19NO. The molecule has 2 heteroatoms. The molecule has 1 atom stereocenters. The van der Waals surface area contributed by atoms with Gasteiger partial charge in [0.05, 0.1) is 5.41 Å². The molecule has 0 bridgehead atoms. The molecule has 1 heterocycles. The van der Waals surface area contributed by atoms with Crippen molar-refractivity contribution in [2.24, 2.45) is 0 Å². The second-order valence-corrected chi connectivity index (χ2v) is 5.70. The third kappa shape index (κ3) is 2.22. The van der Waals surface area contributed by atoms with E-state index >= 15 is 0 Å². The molecular weight excluding hydrogens is 246 g/mol. The van der Waals surface area contributed by atoms with Crippen molar-refractivity contribution in [3.8, 4) is 0 Å². The van der Waals surface area contributed by atoms with E-state index in [0.29, 0.717) is 0 Å².